The van der Waals surface area contributed by atoms with E-state index in [1.165, 1.54) is 20.1 Å². The first-order valence-corrected chi connectivity index (χ1v) is 9.63. The Bertz CT molecular complexity index is 951. The molecule has 0 radical (unpaired) electrons. The molecule has 0 spiro atoms. The fraction of sp³-hybridized carbons (Fsp3) is 0.261. The van der Waals surface area contributed by atoms with Gasteiger partial charge in [-0.05, 0) is 61.9 Å². The zero-order chi connectivity index (χ0) is 22.8. The number of hydrogen-bond donors (Lipinski definition) is 2. The van der Waals surface area contributed by atoms with E-state index >= 15 is 0 Å². The molecule has 1 atom stereocenters. The Balaban J connectivity index is 2.03. The maximum absolute atomic E-state index is 12.4. The van der Waals surface area contributed by atoms with Gasteiger partial charge in [0.15, 0.2) is 30.0 Å². The molecule has 0 aliphatic heterocycles. The molecule has 31 heavy (non-hydrogen) atoms. The highest BCUT2D eigenvalue weighted by atomic mass is 16.5. The van der Waals surface area contributed by atoms with Crippen LogP contribution in [0, 0.1) is 0 Å². The number of nitrogens with one attached hydrogen (secondary N) is 1. The van der Waals surface area contributed by atoms with Gasteiger partial charge < -0.3 is 24.6 Å². The van der Waals surface area contributed by atoms with Crippen LogP contribution in [0.15, 0.2) is 48.5 Å². The molecule has 2 aromatic rings. The van der Waals surface area contributed by atoms with Gasteiger partial charge in [-0.25, -0.2) is 4.79 Å². The number of benzene rings is 2. The summed E-state index contributed by atoms with van der Waals surface area (Å²) in [6.07, 6.45) is 2.07. The van der Waals surface area contributed by atoms with Crippen LogP contribution in [0.1, 0.15) is 29.8 Å². The number of allylic oxidation sites excluding steroid dienone is 1. The third kappa shape index (κ3) is 7.18. The highest BCUT2D eigenvalue weighted by Gasteiger charge is 2.13. The van der Waals surface area contributed by atoms with Gasteiger partial charge in [0.1, 0.15) is 5.75 Å². The van der Waals surface area contributed by atoms with E-state index in [1.54, 1.807) is 48.5 Å². The monoisotopic (exact) mass is 427 g/mol. The molecule has 0 saturated carbocycles. The summed E-state index contributed by atoms with van der Waals surface area (Å²) in [6.45, 7) is 3.65. The standard InChI is InChI=1S/C23H25NO7/c1-4-24-22(26)14-30-20-12-6-16(13-21(20)29-3)5-11-19(25)17-7-9-18(10-8-17)31-15(2)23(27)28/h5-13,15H,4,14H2,1-3H3,(H,24,26)(H,27,28)/b11-5+. The van der Waals surface area contributed by atoms with E-state index < -0.39 is 12.1 Å². The maximum Gasteiger partial charge on any atom is 0.344 e. The summed E-state index contributed by atoms with van der Waals surface area (Å²) in [5.74, 6) is -0.305. The van der Waals surface area contributed by atoms with Crippen LogP contribution in [0.25, 0.3) is 6.08 Å². The molecule has 0 aliphatic carbocycles. The van der Waals surface area contributed by atoms with Crippen molar-refractivity contribution in [2.24, 2.45) is 0 Å². The summed E-state index contributed by atoms with van der Waals surface area (Å²) in [5, 5.41) is 11.5. The van der Waals surface area contributed by atoms with E-state index in [1.807, 2.05) is 6.92 Å². The van der Waals surface area contributed by atoms with Gasteiger partial charge in [0.05, 0.1) is 7.11 Å². The van der Waals surface area contributed by atoms with E-state index in [0.717, 1.165) is 0 Å². The number of rotatable bonds is 11. The predicted molar refractivity (Wildman–Crippen MR) is 115 cm³/mol. The summed E-state index contributed by atoms with van der Waals surface area (Å²) in [5.41, 5.74) is 1.14. The van der Waals surface area contributed by atoms with Crippen LogP contribution in [0.4, 0.5) is 0 Å². The highest BCUT2D eigenvalue weighted by Crippen LogP contribution is 2.28. The summed E-state index contributed by atoms with van der Waals surface area (Å²) in [6, 6.07) is 11.3. The van der Waals surface area contributed by atoms with E-state index in [-0.39, 0.29) is 18.3 Å². The fourth-order valence-corrected chi connectivity index (χ4v) is 2.52. The lowest BCUT2D eigenvalue weighted by atomic mass is 10.1. The van der Waals surface area contributed by atoms with Gasteiger partial charge in [-0.3, -0.25) is 9.59 Å². The minimum absolute atomic E-state index is 0.122. The first-order valence-electron chi connectivity index (χ1n) is 9.63. The van der Waals surface area contributed by atoms with E-state index in [4.69, 9.17) is 19.3 Å². The van der Waals surface area contributed by atoms with Gasteiger partial charge in [-0.15, -0.1) is 0 Å². The van der Waals surface area contributed by atoms with Crippen LogP contribution < -0.4 is 19.5 Å². The molecule has 8 heteroatoms. The smallest absolute Gasteiger partial charge is 0.344 e. The number of carboxylic acid groups (broad SMARTS) is 1. The van der Waals surface area contributed by atoms with Gasteiger partial charge in [-0.2, -0.15) is 0 Å². The molecule has 0 saturated heterocycles. The molecule has 0 aromatic heterocycles. The summed E-state index contributed by atoms with van der Waals surface area (Å²) < 4.78 is 16.0. The van der Waals surface area contributed by atoms with E-state index in [0.29, 0.717) is 34.9 Å². The Morgan fingerprint density at radius 1 is 1.10 bits per heavy atom. The van der Waals surface area contributed by atoms with Crippen LogP contribution in [0.2, 0.25) is 0 Å². The second-order valence-corrected chi connectivity index (χ2v) is 6.47. The minimum Gasteiger partial charge on any atom is -0.493 e. The molecular formula is C23H25NO7. The topological polar surface area (TPSA) is 111 Å². The average molecular weight is 427 g/mol. The summed E-state index contributed by atoms with van der Waals surface area (Å²) in [7, 11) is 1.49. The van der Waals surface area contributed by atoms with Gasteiger partial charge in [0, 0.05) is 12.1 Å². The number of ether oxygens (including phenoxy) is 3. The number of likely N-dealkylation sites (N-methyl/N-ethyl adjacent to an activating group) is 1. The summed E-state index contributed by atoms with van der Waals surface area (Å²) in [4.78, 5) is 34.8. The molecule has 1 unspecified atom stereocenters. The van der Waals surface area contributed by atoms with Crippen LogP contribution in [0.5, 0.6) is 17.2 Å². The van der Waals surface area contributed by atoms with Crippen molar-refractivity contribution in [3.05, 3.63) is 59.7 Å². The SMILES string of the molecule is CCNC(=O)COc1ccc(/C=C/C(=O)c2ccc(OC(C)C(=O)O)cc2)cc1OC. The second kappa shape index (κ2) is 11.4. The fourth-order valence-electron chi connectivity index (χ4n) is 2.52. The minimum atomic E-state index is -1.07. The molecule has 8 nitrogen and oxygen atoms in total. The number of carbonyl (C=O) groups is 3. The van der Waals surface area contributed by atoms with E-state index in [2.05, 4.69) is 5.32 Å². The van der Waals surface area contributed by atoms with Crippen molar-refractivity contribution >= 4 is 23.7 Å². The lowest BCUT2D eigenvalue weighted by molar-refractivity contribution is -0.144. The zero-order valence-corrected chi connectivity index (χ0v) is 17.6. The first kappa shape index (κ1) is 23.5. The maximum atomic E-state index is 12.4. The van der Waals surface area contributed by atoms with Gasteiger partial charge in [-0.1, -0.05) is 12.1 Å². The molecule has 164 valence electrons. The van der Waals surface area contributed by atoms with Crippen LogP contribution in [0.3, 0.4) is 0 Å². The molecule has 1 amide bonds. The van der Waals surface area contributed by atoms with Crippen molar-refractivity contribution < 1.29 is 33.7 Å². The molecule has 2 rings (SSSR count). The Hall–Kier alpha value is -3.81. The lowest BCUT2D eigenvalue weighted by Gasteiger charge is -2.11. The second-order valence-electron chi connectivity index (χ2n) is 6.47. The van der Waals surface area contributed by atoms with Crippen molar-refractivity contribution in [3.63, 3.8) is 0 Å². The third-order valence-corrected chi connectivity index (χ3v) is 4.15. The van der Waals surface area contributed by atoms with Gasteiger partial charge in [0.2, 0.25) is 0 Å². The predicted octanol–water partition coefficient (Wildman–Crippen LogP) is 2.96. The van der Waals surface area contributed by atoms with Crippen molar-refractivity contribution in [1.82, 2.24) is 5.32 Å². The molecule has 2 aromatic carbocycles. The average Bonchev–Trinajstić information content (AvgIpc) is 2.76. The van der Waals surface area contributed by atoms with Crippen molar-refractivity contribution in [3.8, 4) is 17.2 Å². The molecule has 0 fully saturated rings. The van der Waals surface area contributed by atoms with Crippen LogP contribution in [-0.4, -0.2) is 49.1 Å². The van der Waals surface area contributed by atoms with Crippen LogP contribution in [-0.2, 0) is 9.59 Å². The lowest BCUT2D eigenvalue weighted by Crippen LogP contribution is -2.28. The molecule has 0 heterocycles. The Morgan fingerprint density at radius 3 is 2.42 bits per heavy atom. The highest BCUT2D eigenvalue weighted by molar-refractivity contribution is 6.06. The number of carboxylic acids is 1. The number of amides is 1. The van der Waals surface area contributed by atoms with E-state index in [9.17, 15) is 14.4 Å². The van der Waals surface area contributed by atoms with Crippen molar-refractivity contribution in [2.75, 3.05) is 20.3 Å². The van der Waals surface area contributed by atoms with Gasteiger partial charge >= 0.3 is 5.97 Å². The molecular weight excluding hydrogens is 402 g/mol. The molecule has 2 N–H and O–H groups in total. The molecule has 0 bridgehead atoms. The Kier molecular flexibility index (Phi) is 8.63. The first-order chi connectivity index (χ1) is 14.8. The Morgan fingerprint density at radius 2 is 1.81 bits per heavy atom. The zero-order valence-electron chi connectivity index (χ0n) is 17.6. The van der Waals surface area contributed by atoms with Crippen LogP contribution >= 0.6 is 0 Å². The number of hydrogen-bond acceptors (Lipinski definition) is 6. The number of carbonyl (C=O) groups excluding carboxylic acids is 2. The number of aliphatic carboxylic acids is 1. The third-order valence-electron chi connectivity index (χ3n) is 4.15. The number of ketones is 1. The molecule has 0 aliphatic rings. The quantitative estimate of drug-likeness (QED) is 0.419. The van der Waals surface area contributed by atoms with Crippen molar-refractivity contribution in [2.45, 2.75) is 20.0 Å². The largest absolute Gasteiger partial charge is 0.493 e. The van der Waals surface area contributed by atoms with Crippen molar-refractivity contribution in [1.29, 1.82) is 0 Å². The number of methoxy groups -OCH3 is 1. The van der Waals surface area contributed by atoms with Gasteiger partial charge in [0.25, 0.3) is 5.91 Å². The Labute approximate surface area is 180 Å². The normalized spacial score (nSPS) is 11.6. The summed E-state index contributed by atoms with van der Waals surface area (Å²) >= 11 is 0.